The van der Waals surface area contributed by atoms with E-state index in [2.05, 4.69) is 11.8 Å². The fourth-order valence-electron chi connectivity index (χ4n) is 2.14. The summed E-state index contributed by atoms with van der Waals surface area (Å²) in [7, 11) is 0. The minimum absolute atomic E-state index is 0.100. The summed E-state index contributed by atoms with van der Waals surface area (Å²) in [6.45, 7) is 6.66. The first kappa shape index (κ1) is 16.9. The summed E-state index contributed by atoms with van der Waals surface area (Å²) in [5.41, 5.74) is -0.543. The molecule has 1 atom stereocenters. The van der Waals surface area contributed by atoms with Crippen molar-refractivity contribution in [2.24, 2.45) is 5.92 Å². The highest BCUT2D eigenvalue weighted by atomic mass is 16.6. The fraction of sp³-hybridized carbons (Fsp3) is 0.625. The van der Waals surface area contributed by atoms with Crippen molar-refractivity contribution in [1.29, 1.82) is 0 Å². The molecule has 0 aliphatic carbocycles. The summed E-state index contributed by atoms with van der Waals surface area (Å²) in [5, 5.41) is 0. The number of nitrogens with zero attached hydrogens (tertiary/aromatic N) is 2. The minimum atomic E-state index is -0.543. The van der Waals surface area contributed by atoms with Crippen LogP contribution in [0.15, 0.2) is 0 Å². The van der Waals surface area contributed by atoms with Crippen LogP contribution in [0.2, 0.25) is 0 Å². The van der Waals surface area contributed by atoms with E-state index in [0.717, 1.165) is 0 Å². The van der Waals surface area contributed by atoms with Crippen LogP contribution in [0.4, 0.5) is 4.79 Å². The molecular weight excluding hydrogens is 268 g/mol. The second-order valence-electron chi connectivity index (χ2n) is 6.01. The molecule has 1 fully saturated rings. The molecule has 0 aromatic rings. The van der Waals surface area contributed by atoms with E-state index in [1.165, 1.54) is 4.90 Å². The Morgan fingerprint density at radius 3 is 2.33 bits per heavy atom. The van der Waals surface area contributed by atoms with E-state index in [9.17, 15) is 9.59 Å². The van der Waals surface area contributed by atoms with Crippen LogP contribution in [0.5, 0.6) is 0 Å². The van der Waals surface area contributed by atoms with Gasteiger partial charge < -0.3 is 14.5 Å². The third kappa shape index (κ3) is 5.04. The van der Waals surface area contributed by atoms with Gasteiger partial charge in [0, 0.05) is 13.1 Å². The molecule has 0 aromatic heterocycles. The molecule has 2 amide bonds. The number of amides is 2. The summed E-state index contributed by atoms with van der Waals surface area (Å²) >= 11 is 0. The quantitative estimate of drug-likeness (QED) is 0.737. The van der Waals surface area contributed by atoms with Crippen LogP contribution < -0.4 is 0 Å². The number of hydrogen-bond acceptors (Lipinski definition) is 3. The molecule has 1 aliphatic rings. The molecule has 1 aliphatic heterocycles. The number of ether oxygens (including phenoxy) is 1. The number of carbonyl (C=O) groups is 2. The molecule has 5 nitrogen and oxygen atoms in total. The van der Waals surface area contributed by atoms with Gasteiger partial charge >= 0.3 is 6.09 Å². The van der Waals surface area contributed by atoms with Crippen molar-refractivity contribution in [2.75, 3.05) is 26.2 Å². The van der Waals surface area contributed by atoms with Crippen molar-refractivity contribution in [3.8, 4) is 24.7 Å². The Balaban J connectivity index is 2.61. The van der Waals surface area contributed by atoms with Gasteiger partial charge in [-0.15, -0.1) is 12.8 Å². The van der Waals surface area contributed by atoms with E-state index in [-0.39, 0.29) is 24.9 Å². The molecule has 0 aromatic carbocycles. The summed E-state index contributed by atoms with van der Waals surface area (Å²) in [4.78, 5) is 27.3. The van der Waals surface area contributed by atoms with Gasteiger partial charge in [0.05, 0.1) is 19.0 Å². The third-order valence-electron chi connectivity index (χ3n) is 3.07. The zero-order valence-corrected chi connectivity index (χ0v) is 12.9. The molecule has 1 saturated heterocycles. The van der Waals surface area contributed by atoms with Crippen molar-refractivity contribution in [3.63, 3.8) is 0 Å². The van der Waals surface area contributed by atoms with Gasteiger partial charge in [0.2, 0.25) is 5.91 Å². The molecule has 21 heavy (non-hydrogen) atoms. The third-order valence-corrected chi connectivity index (χ3v) is 3.07. The molecule has 0 N–H and O–H groups in total. The van der Waals surface area contributed by atoms with Crippen LogP contribution in [-0.4, -0.2) is 53.6 Å². The van der Waals surface area contributed by atoms with E-state index in [4.69, 9.17) is 17.6 Å². The van der Waals surface area contributed by atoms with Gasteiger partial charge in [-0.2, -0.15) is 0 Å². The fourth-order valence-corrected chi connectivity index (χ4v) is 2.14. The van der Waals surface area contributed by atoms with Crippen LogP contribution in [0.3, 0.4) is 0 Å². The summed E-state index contributed by atoms with van der Waals surface area (Å²) in [5.74, 6) is 4.49. The molecule has 0 radical (unpaired) electrons. The number of terminal acetylenes is 2. The maximum Gasteiger partial charge on any atom is 0.410 e. The maximum atomic E-state index is 12.3. The average Bonchev–Trinajstić information content (AvgIpc) is 2.85. The van der Waals surface area contributed by atoms with Crippen LogP contribution in [0.25, 0.3) is 0 Å². The molecule has 0 unspecified atom stereocenters. The standard InChI is InChI=1S/C16H22N2O3/c1-6-9-17(10-7-2)14(19)13-8-11-18(12-13)15(20)21-16(3,4)5/h1-2,13H,8-12H2,3-5H3/t13-/m1/s1. The van der Waals surface area contributed by atoms with Crippen molar-refractivity contribution >= 4 is 12.0 Å². The van der Waals surface area contributed by atoms with Crippen LogP contribution in [0.1, 0.15) is 27.2 Å². The SMILES string of the molecule is C#CCN(CC#C)C(=O)[C@@H]1CCN(C(=O)OC(C)(C)C)C1. The van der Waals surface area contributed by atoms with Gasteiger partial charge in [0.1, 0.15) is 5.60 Å². The highest BCUT2D eigenvalue weighted by Gasteiger charge is 2.35. The smallest absolute Gasteiger partial charge is 0.410 e. The first-order valence-electron chi connectivity index (χ1n) is 6.92. The highest BCUT2D eigenvalue weighted by Crippen LogP contribution is 2.21. The van der Waals surface area contributed by atoms with E-state index in [1.54, 1.807) is 4.90 Å². The number of hydrogen-bond donors (Lipinski definition) is 0. The Morgan fingerprint density at radius 2 is 1.86 bits per heavy atom. The van der Waals surface area contributed by atoms with Crippen LogP contribution in [-0.2, 0) is 9.53 Å². The van der Waals surface area contributed by atoms with Gasteiger partial charge in [0.15, 0.2) is 0 Å². The lowest BCUT2D eigenvalue weighted by Gasteiger charge is -2.25. The van der Waals surface area contributed by atoms with Crippen molar-refractivity contribution in [3.05, 3.63) is 0 Å². The molecule has 114 valence electrons. The zero-order valence-electron chi connectivity index (χ0n) is 12.9. The summed E-state index contributed by atoms with van der Waals surface area (Å²) in [6.07, 6.45) is 10.7. The van der Waals surface area contributed by atoms with E-state index in [0.29, 0.717) is 19.5 Å². The molecule has 0 saturated carbocycles. The predicted octanol–water partition coefficient (Wildman–Crippen LogP) is 1.34. The van der Waals surface area contributed by atoms with Crippen molar-refractivity contribution in [2.45, 2.75) is 32.8 Å². The van der Waals surface area contributed by atoms with Gasteiger partial charge in [0.25, 0.3) is 0 Å². The number of carbonyl (C=O) groups excluding carboxylic acids is 2. The first-order chi connectivity index (χ1) is 9.78. The Labute approximate surface area is 126 Å². The molecule has 0 bridgehead atoms. The monoisotopic (exact) mass is 290 g/mol. The zero-order chi connectivity index (χ0) is 16.0. The lowest BCUT2D eigenvalue weighted by Crippen LogP contribution is -2.39. The van der Waals surface area contributed by atoms with Gasteiger partial charge in [-0.3, -0.25) is 4.79 Å². The molecule has 5 heteroatoms. The van der Waals surface area contributed by atoms with E-state index in [1.807, 2.05) is 20.8 Å². The van der Waals surface area contributed by atoms with Crippen molar-refractivity contribution < 1.29 is 14.3 Å². The van der Waals surface area contributed by atoms with Crippen molar-refractivity contribution in [1.82, 2.24) is 9.80 Å². The molecule has 1 heterocycles. The normalized spacial score (nSPS) is 17.8. The minimum Gasteiger partial charge on any atom is -0.444 e. The van der Waals surface area contributed by atoms with Crippen LogP contribution in [0, 0.1) is 30.6 Å². The lowest BCUT2D eigenvalue weighted by molar-refractivity contribution is -0.133. The Kier molecular flexibility index (Phi) is 5.67. The highest BCUT2D eigenvalue weighted by molar-refractivity contribution is 5.81. The van der Waals surface area contributed by atoms with E-state index < -0.39 is 11.7 Å². The Morgan fingerprint density at radius 1 is 1.29 bits per heavy atom. The lowest BCUT2D eigenvalue weighted by atomic mass is 10.1. The summed E-state index contributed by atoms with van der Waals surface area (Å²) < 4.78 is 5.30. The predicted molar refractivity (Wildman–Crippen MR) is 80.2 cm³/mol. The van der Waals surface area contributed by atoms with Gasteiger partial charge in [-0.05, 0) is 27.2 Å². The number of likely N-dealkylation sites (tertiary alicyclic amines) is 1. The second-order valence-corrected chi connectivity index (χ2v) is 6.01. The molecular formula is C16H22N2O3. The average molecular weight is 290 g/mol. The Hall–Kier alpha value is -2.14. The molecule has 0 spiro atoms. The maximum absolute atomic E-state index is 12.3. The van der Waals surface area contributed by atoms with E-state index >= 15 is 0 Å². The first-order valence-corrected chi connectivity index (χ1v) is 6.92. The second kappa shape index (κ2) is 7.04. The summed E-state index contributed by atoms with van der Waals surface area (Å²) in [6, 6.07) is 0. The van der Waals surface area contributed by atoms with Gasteiger partial charge in [-0.25, -0.2) is 4.79 Å². The largest absolute Gasteiger partial charge is 0.444 e. The topological polar surface area (TPSA) is 49.9 Å². The molecule has 1 rings (SSSR count). The Bertz CT molecular complexity index is 463. The van der Waals surface area contributed by atoms with Gasteiger partial charge in [-0.1, -0.05) is 11.8 Å². The number of rotatable bonds is 3. The van der Waals surface area contributed by atoms with Crippen LogP contribution >= 0.6 is 0 Å².